The van der Waals surface area contributed by atoms with E-state index in [1.54, 1.807) is 12.3 Å². The van der Waals surface area contributed by atoms with E-state index in [1.807, 2.05) is 0 Å². The summed E-state index contributed by atoms with van der Waals surface area (Å²) in [5.41, 5.74) is 0.811. The average Bonchev–Trinajstić information content (AvgIpc) is 2.23. The molecule has 2 rings (SSSR count). The SMILES string of the molecule is Fc1ccc(F)c(-c2ccncc2Br)c1. The monoisotopic (exact) mass is 269 g/mol. The molecule has 1 heterocycles. The first-order valence-electron chi connectivity index (χ1n) is 4.23. The minimum absolute atomic E-state index is 0.226. The molecule has 0 saturated heterocycles. The predicted molar refractivity (Wildman–Crippen MR) is 57.3 cm³/mol. The predicted octanol–water partition coefficient (Wildman–Crippen LogP) is 3.79. The molecule has 0 saturated carbocycles. The Hall–Kier alpha value is -1.29. The highest BCUT2D eigenvalue weighted by Crippen LogP contribution is 2.29. The zero-order valence-corrected chi connectivity index (χ0v) is 9.13. The number of benzene rings is 1. The third kappa shape index (κ3) is 2.04. The van der Waals surface area contributed by atoms with Crippen LogP contribution in [0.5, 0.6) is 0 Å². The van der Waals surface area contributed by atoms with E-state index in [0.29, 0.717) is 10.0 Å². The van der Waals surface area contributed by atoms with Crippen molar-refractivity contribution in [1.29, 1.82) is 0 Å². The molecule has 1 aromatic carbocycles. The van der Waals surface area contributed by atoms with Gasteiger partial charge in [0.05, 0.1) is 0 Å². The van der Waals surface area contributed by atoms with Crippen molar-refractivity contribution in [3.8, 4) is 11.1 Å². The molecule has 1 aromatic heterocycles. The summed E-state index contributed by atoms with van der Waals surface area (Å²) in [5.74, 6) is -0.918. The quantitative estimate of drug-likeness (QED) is 0.768. The van der Waals surface area contributed by atoms with Gasteiger partial charge in [0.1, 0.15) is 11.6 Å². The summed E-state index contributed by atoms with van der Waals surface area (Å²) in [6.07, 6.45) is 3.07. The van der Waals surface area contributed by atoms with Crippen molar-refractivity contribution in [3.63, 3.8) is 0 Å². The molecule has 1 nitrogen and oxygen atoms in total. The second-order valence-corrected chi connectivity index (χ2v) is 3.83. The Morgan fingerprint density at radius 1 is 1.07 bits per heavy atom. The molecule has 76 valence electrons. The third-order valence-electron chi connectivity index (χ3n) is 1.99. The van der Waals surface area contributed by atoms with E-state index >= 15 is 0 Å². The number of pyridine rings is 1. The van der Waals surface area contributed by atoms with E-state index in [2.05, 4.69) is 20.9 Å². The zero-order valence-electron chi connectivity index (χ0n) is 7.55. The van der Waals surface area contributed by atoms with Crippen molar-refractivity contribution in [3.05, 3.63) is 52.8 Å². The van der Waals surface area contributed by atoms with Crippen LogP contribution in [0.3, 0.4) is 0 Å². The average molecular weight is 270 g/mol. The van der Waals surface area contributed by atoms with Crippen LogP contribution in [0.1, 0.15) is 0 Å². The molecule has 0 N–H and O–H groups in total. The zero-order chi connectivity index (χ0) is 10.8. The largest absolute Gasteiger partial charge is 0.264 e. The fourth-order valence-corrected chi connectivity index (χ4v) is 1.76. The molecule has 0 spiro atoms. The van der Waals surface area contributed by atoms with Gasteiger partial charge in [0.2, 0.25) is 0 Å². The molecule has 0 fully saturated rings. The fraction of sp³-hybridized carbons (Fsp3) is 0. The van der Waals surface area contributed by atoms with E-state index < -0.39 is 11.6 Å². The van der Waals surface area contributed by atoms with Crippen molar-refractivity contribution in [2.45, 2.75) is 0 Å². The molecule has 15 heavy (non-hydrogen) atoms. The van der Waals surface area contributed by atoms with E-state index in [-0.39, 0.29) is 5.56 Å². The molecular formula is C11H6BrF2N. The van der Waals surface area contributed by atoms with Gasteiger partial charge in [0, 0.05) is 28.0 Å². The summed E-state index contributed by atoms with van der Waals surface area (Å²) in [4.78, 5) is 3.86. The minimum atomic E-state index is -0.463. The number of nitrogens with zero attached hydrogens (tertiary/aromatic N) is 1. The van der Waals surface area contributed by atoms with Gasteiger partial charge in [-0.05, 0) is 40.2 Å². The summed E-state index contributed by atoms with van der Waals surface area (Å²) < 4.78 is 27.0. The Balaban J connectivity index is 2.64. The summed E-state index contributed by atoms with van der Waals surface area (Å²) in [5, 5.41) is 0. The minimum Gasteiger partial charge on any atom is -0.264 e. The molecular weight excluding hydrogens is 264 g/mol. The second-order valence-electron chi connectivity index (χ2n) is 2.98. The van der Waals surface area contributed by atoms with Gasteiger partial charge < -0.3 is 0 Å². The van der Waals surface area contributed by atoms with Crippen molar-refractivity contribution in [2.75, 3.05) is 0 Å². The number of hydrogen-bond donors (Lipinski definition) is 0. The van der Waals surface area contributed by atoms with Gasteiger partial charge in [0.25, 0.3) is 0 Å². The summed E-state index contributed by atoms with van der Waals surface area (Å²) in [6, 6.07) is 4.99. The molecule has 0 aliphatic carbocycles. The van der Waals surface area contributed by atoms with Gasteiger partial charge in [-0.2, -0.15) is 0 Å². The number of aromatic nitrogens is 1. The lowest BCUT2D eigenvalue weighted by atomic mass is 10.1. The van der Waals surface area contributed by atoms with Gasteiger partial charge in [0.15, 0.2) is 0 Å². The smallest absolute Gasteiger partial charge is 0.131 e. The maximum Gasteiger partial charge on any atom is 0.131 e. The fourth-order valence-electron chi connectivity index (χ4n) is 1.30. The number of halogens is 3. The Labute approximate surface area is 93.9 Å². The van der Waals surface area contributed by atoms with E-state index in [4.69, 9.17) is 0 Å². The van der Waals surface area contributed by atoms with E-state index in [0.717, 1.165) is 18.2 Å². The van der Waals surface area contributed by atoms with Gasteiger partial charge >= 0.3 is 0 Å². The van der Waals surface area contributed by atoms with Crippen molar-refractivity contribution in [2.24, 2.45) is 0 Å². The Kier molecular flexibility index (Phi) is 2.77. The van der Waals surface area contributed by atoms with Crippen LogP contribution >= 0.6 is 15.9 Å². The van der Waals surface area contributed by atoms with Crippen molar-refractivity contribution >= 4 is 15.9 Å². The van der Waals surface area contributed by atoms with Crippen LogP contribution in [0.4, 0.5) is 8.78 Å². The lowest BCUT2D eigenvalue weighted by Gasteiger charge is -2.05. The Morgan fingerprint density at radius 3 is 2.60 bits per heavy atom. The first-order valence-corrected chi connectivity index (χ1v) is 5.03. The summed E-state index contributed by atoms with van der Waals surface area (Å²) >= 11 is 3.24. The van der Waals surface area contributed by atoms with Gasteiger partial charge in [-0.15, -0.1) is 0 Å². The van der Waals surface area contributed by atoms with Crippen LogP contribution in [0.2, 0.25) is 0 Å². The molecule has 0 radical (unpaired) electrons. The topological polar surface area (TPSA) is 12.9 Å². The normalized spacial score (nSPS) is 10.3. The standard InChI is InChI=1S/C11H6BrF2N/c12-10-6-15-4-3-8(10)9-5-7(13)1-2-11(9)14/h1-6H. The molecule has 0 bridgehead atoms. The first-order chi connectivity index (χ1) is 7.18. The van der Waals surface area contributed by atoms with Crippen LogP contribution in [-0.4, -0.2) is 4.98 Å². The lowest BCUT2D eigenvalue weighted by Crippen LogP contribution is -1.88. The van der Waals surface area contributed by atoms with Crippen LogP contribution in [0, 0.1) is 11.6 Å². The molecule has 0 amide bonds. The van der Waals surface area contributed by atoms with Gasteiger partial charge in [-0.1, -0.05) is 0 Å². The third-order valence-corrected chi connectivity index (χ3v) is 2.62. The van der Waals surface area contributed by atoms with Crippen LogP contribution in [0.25, 0.3) is 11.1 Å². The number of hydrogen-bond acceptors (Lipinski definition) is 1. The van der Waals surface area contributed by atoms with E-state index in [9.17, 15) is 8.78 Å². The van der Waals surface area contributed by atoms with Crippen LogP contribution in [-0.2, 0) is 0 Å². The first kappa shape index (κ1) is 10.2. The highest BCUT2D eigenvalue weighted by molar-refractivity contribution is 9.10. The van der Waals surface area contributed by atoms with Crippen LogP contribution < -0.4 is 0 Å². The van der Waals surface area contributed by atoms with E-state index in [1.165, 1.54) is 6.20 Å². The lowest BCUT2D eigenvalue weighted by molar-refractivity contribution is 0.603. The molecule has 2 aromatic rings. The number of rotatable bonds is 1. The highest BCUT2D eigenvalue weighted by atomic mass is 79.9. The molecule has 0 unspecified atom stereocenters. The summed E-state index contributed by atoms with van der Waals surface area (Å²) in [7, 11) is 0. The molecule has 0 aliphatic heterocycles. The van der Waals surface area contributed by atoms with Crippen molar-refractivity contribution in [1.82, 2.24) is 4.98 Å². The maximum absolute atomic E-state index is 13.4. The van der Waals surface area contributed by atoms with Gasteiger partial charge in [-0.3, -0.25) is 4.98 Å². The highest BCUT2D eigenvalue weighted by Gasteiger charge is 2.09. The second kappa shape index (κ2) is 4.06. The van der Waals surface area contributed by atoms with Crippen molar-refractivity contribution < 1.29 is 8.78 Å². The molecule has 4 heteroatoms. The van der Waals surface area contributed by atoms with Gasteiger partial charge in [-0.25, -0.2) is 8.78 Å². The summed E-state index contributed by atoms with van der Waals surface area (Å²) in [6.45, 7) is 0. The molecule has 0 aliphatic rings. The Morgan fingerprint density at radius 2 is 1.87 bits per heavy atom. The molecule has 0 atom stereocenters. The Bertz CT molecular complexity index is 500. The maximum atomic E-state index is 13.4. The van der Waals surface area contributed by atoms with Crippen LogP contribution in [0.15, 0.2) is 41.1 Å².